The zero-order chi connectivity index (χ0) is 19.2. The molecule has 0 radical (unpaired) electrons. The Bertz CT molecular complexity index is 1010. The van der Waals surface area contributed by atoms with E-state index in [4.69, 9.17) is 0 Å². The largest absolute Gasteiger partial charge is 0.416 e. The molecule has 1 aliphatic rings. The molecule has 0 saturated carbocycles. The van der Waals surface area contributed by atoms with E-state index in [1.807, 2.05) is 17.7 Å². The van der Waals surface area contributed by atoms with E-state index < -0.39 is 17.8 Å². The van der Waals surface area contributed by atoms with Crippen molar-refractivity contribution in [3.05, 3.63) is 41.7 Å². The summed E-state index contributed by atoms with van der Waals surface area (Å²) in [7, 11) is 0. The number of amides is 2. The highest BCUT2D eigenvalue weighted by molar-refractivity contribution is 5.89. The van der Waals surface area contributed by atoms with Crippen LogP contribution >= 0.6 is 0 Å². The Morgan fingerprint density at radius 2 is 2.15 bits per heavy atom. The van der Waals surface area contributed by atoms with Gasteiger partial charge in [-0.05, 0) is 25.5 Å². The van der Waals surface area contributed by atoms with Crippen molar-refractivity contribution in [2.75, 3.05) is 5.32 Å². The predicted molar refractivity (Wildman–Crippen MR) is 89.2 cm³/mol. The monoisotopic (exact) mass is 379 g/mol. The number of hydrogen-bond donors (Lipinski definition) is 2. The van der Waals surface area contributed by atoms with E-state index in [0.717, 1.165) is 40.9 Å². The molecule has 1 aliphatic heterocycles. The summed E-state index contributed by atoms with van der Waals surface area (Å²) < 4.78 is 42.3. The number of aryl methyl sites for hydroxylation is 2. The van der Waals surface area contributed by atoms with E-state index in [1.54, 1.807) is 0 Å². The predicted octanol–water partition coefficient (Wildman–Crippen LogP) is 2.39. The third kappa shape index (κ3) is 3.44. The van der Waals surface area contributed by atoms with Crippen LogP contribution in [0.1, 0.15) is 23.5 Å². The number of hydrogen-bond acceptors (Lipinski definition) is 4. The number of anilines is 1. The van der Waals surface area contributed by atoms with Crippen molar-refractivity contribution in [3.8, 4) is 0 Å². The van der Waals surface area contributed by atoms with Gasteiger partial charge in [0.2, 0.25) is 0 Å². The molecular formula is C16H16F3N7O. The average molecular weight is 379 g/mol. The number of halogens is 3. The van der Waals surface area contributed by atoms with Gasteiger partial charge in [-0.1, -0.05) is 0 Å². The minimum atomic E-state index is -4.56. The number of urea groups is 1. The molecule has 2 amide bonds. The van der Waals surface area contributed by atoms with Gasteiger partial charge in [0.15, 0.2) is 5.65 Å². The van der Waals surface area contributed by atoms with Crippen LogP contribution in [-0.4, -0.2) is 36.2 Å². The minimum Gasteiger partial charge on any atom is -0.333 e. The summed E-state index contributed by atoms with van der Waals surface area (Å²) in [4.78, 5) is 20.5. The van der Waals surface area contributed by atoms with Crippen molar-refractivity contribution >= 4 is 17.5 Å². The first-order chi connectivity index (χ1) is 12.8. The number of nitrogens with one attached hydrogen (secondary N) is 2. The van der Waals surface area contributed by atoms with E-state index in [-0.39, 0.29) is 17.5 Å². The summed E-state index contributed by atoms with van der Waals surface area (Å²) >= 11 is 0. The molecule has 0 spiro atoms. The van der Waals surface area contributed by atoms with E-state index >= 15 is 0 Å². The maximum absolute atomic E-state index is 13.1. The number of imidazole rings is 1. The summed E-state index contributed by atoms with van der Waals surface area (Å²) in [6, 6.07) is 0.958. The van der Waals surface area contributed by atoms with Gasteiger partial charge in [0.1, 0.15) is 18.0 Å². The molecular weight excluding hydrogens is 363 g/mol. The Hall–Kier alpha value is -3.11. The molecule has 11 heteroatoms. The van der Waals surface area contributed by atoms with Crippen LogP contribution in [0.2, 0.25) is 0 Å². The van der Waals surface area contributed by atoms with Crippen LogP contribution in [0.25, 0.3) is 5.65 Å². The Morgan fingerprint density at radius 3 is 2.93 bits per heavy atom. The number of carbonyl (C=O) groups is 1. The fourth-order valence-corrected chi connectivity index (χ4v) is 3.22. The second kappa shape index (κ2) is 6.25. The summed E-state index contributed by atoms with van der Waals surface area (Å²) in [6.07, 6.45) is -0.101. The summed E-state index contributed by atoms with van der Waals surface area (Å²) in [5.74, 6) is 0.859. The molecule has 8 nitrogen and oxygen atoms in total. The number of alkyl halides is 3. The maximum Gasteiger partial charge on any atom is 0.416 e. The van der Waals surface area contributed by atoms with Crippen LogP contribution in [0.3, 0.4) is 0 Å². The van der Waals surface area contributed by atoms with Gasteiger partial charge in [-0.3, -0.25) is 5.32 Å². The summed E-state index contributed by atoms with van der Waals surface area (Å²) in [6.45, 7) is 2.46. The zero-order valence-corrected chi connectivity index (χ0v) is 14.3. The van der Waals surface area contributed by atoms with Gasteiger partial charge in [-0.25, -0.2) is 14.8 Å². The molecule has 0 aliphatic carbocycles. The van der Waals surface area contributed by atoms with Crippen LogP contribution < -0.4 is 10.6 Å². The third-order valence-electron chi connectivity index (χ3n) is 4.40. The number of carbonyl (C=O) groups excluding carboxylic acids is 1. The van der Waals surface area contributed by atoms with Gasteiger partial charge >= 0.3 is 12.2 Å². The van der Waals surface area contributed by atoms with Gasteiger partial charge in [0.25, 0.3) is 0 Å². The number of pyridine rings is 1. The summed E-state index contributed by atoms with van der Waals surface area (Å²) in [5.41, 5.74) is -0.00142. The molecule has 1 atom stereocenters. The Kier molecular flexibility index (Phi) is 4.01. The van der Waals surface area contributed by atoms with E-state index in [9.17, 15) is 18.0 Å². The summed E-state index contributed by atoms with van der Waals surface area (Å²) in [5, 5.41) is 9.09. The molecule has 3 aromatic rings. The van der Waals surface area contributed by atoms with Crippen molar-refractivity contribution in [2.45, 2.75) is 38.5 Å². The van der Waals surface area contributed by atoms with Crippen molar-refractivity contribution in [2.24, 2.45) is 0 Å². The highest BCUT2D eigenvalue weighted by atomic mass is 19.4. The minimum absolute atomic E-state index is 0.00340. The fraction of sp³-hybridized carbons (Fsp3) is 0.375. The smallest absolute Gasteiger partial charge is 0.333 e. The SMILES string of the molecule is Cc1cn2c(n1)CCC(NC(=O)Nc1cc(C(F)(F)F)cc3ncnn13)C2. The van der Waals surface area contributed by atoms with E-state index in [1.165, 1.54) is 0 Å². The van der Waals surface area contributed by atoms with Crippen LogP contribution in [0.15, 0.2) is 24.7 Å². The van der Waals surface area contributed by atoms with Gasteiger partial charge < -0.3 is 9.88 Å². The lowest BCUT2D eigenvalue weighted by Gasteiger charge is -2.24. The van der Waals surface area contributed by atoms with Crippen molar-refractivity contribution in [3.63, 3.8) is 0 Å². The second-order valence-corrected chi connectivity index (χ2v) is 6.44. The number of fused-ring (bicyclic) bond motifs is 2. The number of aromatic nitrogens is 5. The molecule has 3 aromatic heterocycles. The Morgan fingerprint density at radius 1 is 1.33 bits per heavy atom. The zero-order valence-electron chi connectivity index (χ0n) is 14.3. The molecule has 142 valence electrons. The molecule has 4 heterocycles. The van der Waals surface area contributed by atoms with Crippen LogP contribution in [0.4, 0.5) is 23.8 Å². The molecule has 0 bridgehead atoms. The molecule has 0 saturated heterocycles. The lowest BCUT2D eigenvalue weighted by Crippen LogP contribution is -2.43. The fourth-order valence-electron chi connectivity index (χ4n) is 3.22. The molecule has 1 unspecified atom stereocenters. The normalized spacial score (nSPS) is 17.0. The maximum atomic E-state index is 13.1. The topological polar surface area (TPSA) is 89.1 Å². The van der Waals surface area contributed by atoms with Crippen molar-refractivity contribution in [1.82, 2.24) is 29.5 Å². The Balaban J connectivity index is 1.51. The second-order valence-electron chi connectivity index (χ2n) is 6.44. The first-order valence-corrected chi connectivity index (χ1v) is 8.31. The quantitative estimate of drug-likeness (QED) is 0.716. The number of nitrogens with zero attached hydrogens (tertiary/aromatic N) is 5. The van der Waals surface area contributed by atoms with Crippen molar-refractivity contribution < 1.29 is 18.0 Å². The lowest BCUT2D eigenvalue weighted by molar-refractivity contribution is -0.137. The molecule has 2 N–H and O–H groups in total. The average Bonchev–Trinajstić information content (AvgIpc) is 3.18. The van der Waals surface area contributed by atoms with Gasteiger partial charge in [0.05, 0.1) is 11.3 Å². The standard InChI is InChI=1S/C16H16F3N7O/c1-9-6-25-7-11(2-3-12(25)22-9)23-15(27)24-14-5-10(16(17,18)19)4-13-20-8-21-26(13)14/h4-6,8,11H,2-3,7H2,1H3,(H2,23,24,27). The third-order valence-corrected chi connectivity index (χ3v) is 4.40. The van der Waals surface area contributed by atoms with Crippen molar-refractivity contribution in [1.29, 1.82) is 0 Å². The van der Waals surface area contributed by atoms with E-state index in [0.29, 0.717) is 13.0 Å². The van der Waals surface area contributed by atoms with Crippen LogP contribution in [0, 0.1) is 6.92 Å². The first kappa shape index (κ1) is 17.3. The Labute approximate surface area is 151 Å². The number of rotatable bonds is 2. The van der Waals surface area contributed by atoms with E-state index in [2.05, 4.69) is 25.7 Å². The van der Waals surface area contributed by atoms with Gasteiger partial charge in [-0.15, -0.1) is 0 Å². The highest BCUT2D eigenvalue weighted by Gasteiger charge is 2.32. The molecule has 27 heavy (non-hydrogen) atoms. The van der Waals surface area contributed by atoms with Gasteiger partial charge in [0, 0.05) is 25.2 Å². The van der Waals surface area contributed by atoms with Crippen LogP contribution in [-0.2, 0) is 19.1 Å². The first-order valence-electron chi connectivity index (χ1n) is 8.31. The highest BCUT2D eigenvalue weighted by Crippen LogP contribution is 2.31. The molecule has 4 rings (SSSR count). The lowest BCUT2D eigenvalue weighted by atomic mass is 10.1. The molecule has 0 fully saturated rings. The van der Waals surface area contributed by atoms with Crippen LogP contribution in [0.5, 0.6) is 0 Å². The molecule has 0 aromatic carbocycles. The van der Waals surface area contributed by atoms with Gasteiger partial charge in [-0.2, -0.15) is 22.8 Å².